The van der Waals surface area contributed by atoms with Crippen molar-refractivity contribution in [2.45, 2.75) is 31.7 Å². The summed E-state index contributed by atoms with van der Waals surface area (Å²) in [5.74, 6) is 1.73. The molecule has 12 heavy (non-hydrogen) atoms. The Labute approximate surface area is 72.9 Å². The Hall–Kier alpha value is -0.370. The van der Waals surface area contributed by atoms with Crippen molar-refractivity contribution >= 4 is 5.78 Å². The summed E-state index contributed by atoms with van der Waals surface area (Å²) < 4.78 is 0. The van der Waals surface area contributed by atoms with Gasteiger partial charge in [0.2, 0.25) is 0 Å². The van der Waals surface area contributed by atoms with E-state index in [2.05, 4.69) is 11.8 Å². The minimum Gasteiger partial charge on any atom is -0.298 e. The fourth-order valence-corrected chi connectivity index (χ4v) is 3.74. The summed E-state index contributed by atoms with van der Waals surface area (Å²) in [4.78, 5) is 14.0. The number of hydrogen-bond donors (Lipinski definition) is 0. The highest BCUT2D eigenvalue weighted by Gasteiger charge is 2.60. The average Bonchev–Trinajstić information content (AvgIpc) is 2.56. The zero-order chi connectivity index (χ0) is 8.34. The molecule has 3 atom stereocenters. The second-order valence-corrected chi connectivity index (χ2v) is 4.73. The Morgan fingerprint density at radius 2 is 2.25 bits per heavy atom. The number of rotatable bonds is 0. The van der Waals surface area contributed by atoms with E-state index in [0.717, 1.165) is 18.9 Å². The number of ketones is 1. The van der Waals surface area contributed by atoms with Gasteiger partial charge in [0.25, 0.3) is 0 Å². The first kappa shape index (κ1) is 7.07. The molecule has 66 valence electrons. The summed E-state index contributed by atoms with van der Waals surface area (Å²) in [6.07, 6.45) is 3.79. The summed E-state index contributed by atoms with van der Waals surface area (Å²) in [6.45, 7) is 4.23. The molecule has 0 unspecified atom stereocenters. The van der Waals surface area contributed by atoms with Crippen LogP contribution in [0.5, 0.6) is 0 Å². The van der Waals surface area contributed by atoms with Gasteiger partial charge >= 0.3 is 0 Å². The molecule has 0 bridgehead atoms. The number of carbonyl (C=O) groups excluding carboxylic acids is 1. The highest BCUT2D eigenvalue weighted by Crippen LogP contribution is 2.53. The lowest BCUT2D eigenvalue weighted by Crippen LogP contribution is -2.40. The second kappa shape index (κ2) is 1.92. The monoisotopic (exact) mass is 165 g/mol. The normalized spacial score (nSPS) is 51.9. The molecule has 3 aliphatic rings. The molecule has 0 spiro atoms. The minimum atomic E-state index is 0.289. The molecule has 1 aliphatic carbocycles. The molecular weight excluding hydrogens is 150 g/mol. The van der Waals surface area contributed by atoms with Crippen molar-refractivity contribution in [1.82, 2.24) is 4.90 Å². The summed E-state index contributed by atoms with van der Waals surface area (Å²) in [5, 5.41) is 0. The molecule has 2 heteroatoms. The van der Waals surface area contributed by atoms with Crippen LogP contribution < -0.4 is 0 Å². The van der Waals surface area contributed by atoms with Crippen LogP contribution in [0.15, 0.2) is 0 Å². The quantitative estimate of drug-likeness (QED) is 0.535. The maximum Gasteiger partial charge on any atom is 0.151 e. The van der Waals surface area contributed by atoms with Crippen LogP contribution in [0, 0.1) is 11.8 Å². The Balaban J connectivity index is 2.08. The van der Waals surface area contributed by atoms with E-state index in [0.29, 0.717) is 11.7 Å². The first-order valence-corrected chi connectivity index (χ1v) is 5.00. The molecule has 0 N–H and O–H groups in total. The lowest BCUT2D eigenvalue weighted by molar-refractivity contribution is -0.120. The molecule has 0 radical (unpaired) electrons. The lowest BCUT2D eigenvalue weighted by atomic mass is 9.84. The van der Waals surface area contributed by atoms with Crippen molar-refractivity contribution < 1.29 is 4.79 Å². The molecule has 2 nitrogen and oxygen atoms in total. The van der Waals surface area contributed by atoms with Gasteiger partial charge in [0.05, 0.1) is 6.54 Å². The Bertz CT molecular complexity index is 250. The van der Waals surface area contributed by atoms with Crippen molar-refractivity contribution in [3.8, 4) is 0 Å². The number of hydrogen-bond acceptors (Lipinski definition) is 2. The SMILES string of the molecule is C[C@@]12[C@H]3CC[C@@H]1C(=O)CN2CC3. The van der Waals surface area contributed by atoms with Gasteiger partial charge in [-0.3, -0.25) is 9.69 Å². The molecule has 1 saturated carbocycles. The predicted molar refractivity (Wildman–Crippen MR) is 45.8 cm³/mol. The molecule has 2 heterocycles. The maximum absolute atomic E-state index is 11.6. The van der Waals surface area contributed by atoms with Crippen molar-refractivity contribution in [3.05, 3.63) is 0 Å². The fourth-order valence-electron chi connectivity index (χ4n) is 3.74. The molecule has 0 aromatic rings. The number of carbonyl (C=O) groups is 1. The van der Waals surface area contributed by atoms with E-state index in [1.165, 1.54) is 19.4 Å². The van der Waals surface area contributed by atoms with Crippen molar-refractivity contribution in [2.24, 2.45) is 11.8 Å². The zero-order valence-corrected chi connectivity index (χ0v) is 7.55. The minimum absolute atomic E-state index is 0.289. The lowest BCUT2D eigenvalue weighted by Gasteiger charge is -2.30. The third-order valence-corrected chi connectivity index (χ3v) is 4.50. The third kappa shape index (κ3) is 0.565. The van der Waals surface area contributed by atoms with E-state index >= 15 is 0 Å². The van der Waals surface area contributed by atoms with Crippen LogP contribution in [-0.4, -0.2) is 29.3 Å². The Morgan fingerprint density at radius 3 is 3.08 bits per heavy atom. The number of nitrogens with zero attached hydrogens (tertiary/aromatic N) is 1. The summed E-state index contributed by atoms with van der Waals surface area (Å²) in [6, 6.07) is 0. The summed E-state index contributed by atoms with van der Waals surface area (Å²) in [7, 11) is 0. The van der Waals surface area contributed by atoms with Crippen LogP contribution in [0.1, 0.15) is 26.2 Å². The van der Waals surface area contributed by atoms with Gasteiger partial charge in [-0.2, -0.15) is 0 Å². The highest BCUT2D eigenvalue weighted by atomic mass is 16.1. The largest absolute Gasteiger partial charge is 0.298 e. The van der Waals surface area contributed by atoms with Gasteiger partial charge in [-0.1, -0.05) is 0 Å². The maximum atomic E-state index is 11.6. The van der Waals surface area contributed by atoms with E-state index in [1.54, 1.807) is 0 Å². The third-order valence-electron chi connectivity index (χ3n) is 4.50. The van der Waals surface area contributed by atoms with Crippen LogP contribution in [0.2, 0.25) is 0 Å². The van der Waals surface area contributed by atoms with Gasteiger partial charge in [0.15, 0.2) is 5.78 Å². The first-order chi connectivity index (χ1) is 5.73. The predicted octanol–water partition coefficient (Wildman–Crippen LogP) is 1.06. The molecule has 3 fully saturated rings. The Morgan fingerprint density at radius 1 is 1.42 bits per heavy atom. The molecule has 0 amide bonds. The number of Topliss-reactive ketones (excluding diaryl/α,β-unsaturated/α-hetero) is 1. The smallest absolute Gasteiger partial charge is 0.151 e. The second-order valence-electron chi connectivity index (χ2n) is 4.73. The van der Waals surface area contributed by atoms with Crippen LogP contribution in [0.4, 0.5) is 0 Å². The molecule has 2 saturated heterocycles. The molecule has 2 aliphatic heterocycles. The van der Waals surface area contributed by atoms with Gasteiger partial charge < -0.3 is 0 Å². The zero-order valence-electron chi connectivity index (χ0n) is 7.55. The standard InChI is InChI=1S/C10H15NO/c1-10-7-2-3-8(10)9(12)6-11(10)5-4-7/h7-8H,2-6H2,1H3/t7-,8+,10+/m0/s1. The van der Waals surface area contributed by atoms with Crippen molar-refractivity contribution in [1.29, 1.82) is 0 Å². The van der Waals surface area contributed by atoms with Gasteiger partial charge in [-0.15, -0.1) is 0 Å². The van der Waals surface area contributed by atoms with Gasteiger partial charge in [0.1, 0.15) is 0 Å². The van der Waals surface area contributed by atoms with Crippen LogP contribution in [0.25, 0.3) is 0 Å². The van der Waals surface area contributed by atoms with E-state index in [1.807, 2.05) is 0 Å². The van der Waals surface area contributed by atoms with Crippen LogP contribution >= 0.6 is 0 Å². The van der Waals surface area contributed by atoms with Crippen LogP contribution in [-0.2, 0) is 4.79 Å². The summed E-state index contributed by atoms with van der Waals surface area (Å²) >= 11 is 0. The molecule has 3 rings (SSSR count). The first-order valence-electron chi connectivity index (χ1n) is 5.00. The summed E-state index contributed by atoms with van der Waals surface area (Å²) in [5.41, 5.74) is 0.289. The Kier molecular flexibility index (Phi) is 1.13. The van der Waals surface area contributed by atoms with E-state index < -0.39 is 0 Å². The average molecular weight is 165 g/mol. The van der Waals surface area contributed by atoms with Gasteiger partial charge in [-0.25, -0.2) is 0 Å². The molecular formula is C10H15NO. The van der Waals surface area contributed by atoms with E-state index in [4.69, 9.17) is 0 Å². The van der Waals surface area contributed by atoms with E-state index in [-0.39, 0.29) is 5.54 Å². The highest BCUT2D eigenvalue weighted by molar-refractivity contribution is 5.87. The van der Waals surface area contributed by atoms with E-state index in [9.17, 15) is 4.79 Å². The van der Waals surface area contributed by atoms with Crippen molar-refractivity contribution in [2.75, 3.05) is 13.1 Å². The van der Waals surface area contributed by atoms with Gasteiger partial charge in [-0.05, 0) is 38.6 Å². The van der Waals surface area contributed by atoms with Gasteiger partial charge in [0, 0.05) is 11.5 Å². The molecule has 0 aromatic heterocycles. The topological polar surface area (TPSA) is 20.3 Å². The van der Waals surface area contributed by atoms with Crippen molar-refractivity contribution in [3.63, 3.8) is 0 Å². The fraction of sp³-hybridized carbons (Fsp3) is 0.900. The van der Waals surface area contributed by atoms with Crippen LogP contribution in [0.3, 0.4) is 0 Å². The molecule has 0 aromatic carbocycles.